The van der Waals surface area contributed by atoms with E-state index >= 15 is 0 Å². The molecule has 1 aromatic heterocycles. The van der Waals surface area contributed by atoms with Gasteiger partial charge in [0.2, 0.25) is 0 Å². The van der Waals surface area contributed by atoms with E-state index in [1.807, 2.05) is 13.8 Å². The monoisotopic (exact) mass is 202 g/mol. The predicted molar refractivity (Wildman–Crippen MR) is 49.0 cm³/mol. The van der Waals surface area contributed by atoms with Crippen LogP contribution in [0, 0.1) is 0 Å². The molecule has 0 aliphatic heterocycles. The van der Waals surface area contributed by atoms with Gasteiger partial charge in [-0.3, -0.25) is 9.48 Å². The van der Waals surface area contributed by atoms with E-state index in [0.29, 0.717) is 5.02 Å². The van der Waals surface area contributed by atoms with Gasteiger partial charge in [-0.25, -0.2) is 0 Å². The van der Waals surface area contributed by atoms with Crippen LogP contribution in [0.2, 0.25) is 5.02 Å². The number of rotatable bonds is 3. The van der Waals surface area contributed by atoms with Gasteiger partial charge in [0.05, 0.1) is 10.7 Å². The van der Waals surface area contributed by atoms with E-state index in [1.165, 1.54) is 10.9 Å². The SMILES string of the molecule is CC(C)c1nn(CC(=O)O)cc1Cl. The number of hydrogen-bond donors (Lipinski definition) is 1. The van der Waals surface area contributed by atoms with Crippen LogP contribution in [-0.2, 0) is 11.3 Å². The maximum Gasteiger partial charge on any atom is 0.325 e. The van der Waals surface area contributed by atoms with Crippen LogP contribution in [0.15, 0.2) is 6.20 Å². The first kappa shape index (κ1) is 10.1. The zero-order chi connectivity index (χ0) is 10.0. The Kier molecular flexibility index (Phi) is 2.93. The van der Waals surface area contributed by atoms with Crippen molar-refractivity contribution in [3.8, 4) is 0 Å². The first-order valence-electron chi connectivity index (χ1n) is 3.95. The maximum atomic E-state index is 10.4. The molecule has 0 saturated heterocycles. The van der Waals surface area contributed by atoms with Gasteiger partial charge in [-0.05, 0) is 5.92 Å². The normalized spacial score (nSPS) is 10.8. The third-order valence-corrected chi connectivity index (χ3v) is 1.88. The summed E-state index contributed by atoms with van der Waals surface area (Å²) in [6.07, 6.45) is 1.53. The average Bonchev–Trinajstić information content (AvgIpc) is 2.29. The first-order valence-corrected chi connectivity index (χ1v) is 4.33. The highest BCUT2D eigenvalue weighted by Crippen LogP contribution is 2.21. The van der Waals surface area contributed by atoms with Crippen molar-refractivity contribution >= 4 is 17.6 Å². The number of aliphatic carboxylic acids is 1. The van der Waals surface area contributed by atoms with E-state index in [-0.39, 0.29) is 12.5 Å². The molecule has 0 aliphatic carbocycles. The molecular weight excluding hydrogens is 192 g/mol. The zero-order valence-electron chi connectivity index (χ0n) is 7.49. The number of hydrogen-bond acceptors (Lipinski definition) is 2. The smallest absolute Gasteiger partial charge is 0.325 e. The number of carbonyl (C=O) groups is 1. The molecule has 5 heteroatoms. The Bertz CT molecular complexity index is 320. The van der Waals surface area contributed by atoms with Crippen molar-refractivity contribution in [2.75, 3.05) is 0 Å². The Morgan fingerprint density at radius 1 is 1.77 bits per heavy atom. The van der Waals surface area contributed by atoms with Crippen molar-refractivity contribution in [3.05, 3.63) is 16.9 Å². The molecule has 1 aromatic rings. The van der Waals surface area contributed by atoms with Crippen LogP contribution >= 0.6 is 11.6 Å². The first-order chi connectivity index (χ1) is 6.00. The topological polar surface area (TPSA) is 55.1 Å². The molecule has 0 fully saturated rings. The molecule has 1 N–H and O–H groups in total. The van der Waals surface area contributed by atoms with Gasteiger partial charge in [-0.15, -0.1) is 0 Å². The number of nitrogens with zero attached hydrogens (tertiary/aromatic N) is 2. The molecule has 0 aromatic carbocycles. The van der Waals surface area contributed by atoms with Gasteiger partial charge in [0.25, 0.3) is 0 Å². The molecule has 1 heterocycles. The highest BCUT2D eigenvalue weighted by Gasteiger charge is 2.11. The third kappa shape index (κ3) is 2.45. The Hall–Kier alpha value is -1.03. The lowest BCUT2D eigenvalue weighted by molar-refractivity contribution is -0.137. The number of carboxylic acid groups (broad SMARTS) is 1. The predicted octanol–water partition coefficient (Wildman–Crippen LogP) is 1.74. The quantitative estimate of drug-likeness (QED) is 0.813. The van der Waals surface area contributed by atoms with Crippen LogP contribution in [0.3, 0.4) is 0 Å². The van der Waals surface area contributed by atoms with Crippen molar-refractivity contribution < 1.29 is 9.90 Å². The lowest BCUT2D eigenvalue weighted by atomic mass is 10.1. The fourth-order valence-corrected chi connectivity index (χ4v) is 1.39. The van der Waals surface area contributed by atoms with Gasteiger partial charge >= 0.3 is 5.97 Å². The van der Waals surface area contributed by atoms with Gasteiger partial charge in [0.1, 0.15) is 6.54 Å². The number of halogens is 1. The van der Waals surface area contributed by atoms with E-state index in [1.54, 1.807) is 0 Å². The Morgan fingerprint density at radius 3 is 2.77 bits per heavy atom. The van der Waals surface area contributed by atoms with Crippen molar-refractivity contribution in [2.24, 2.45) is 0 Å². The molecule has 0 aliphatic rings. The minimum Gasteiger partial charge on any atom is -0.480 e. The van der Waals surface area contributed by atoms with Crippen LogP contribution in [0.5, 0.6) is 0 Å². The molecule has 1 rings (SSSR count). The van der Waals surface area contributed by atoms with Crippen LogP contribution in [0.25, 0.3) is 0 Å². The Balaban J connectivity index is 2.88. The summed E-state index contributed by atoms with van der Waals surface area (Å²) in [4.78, 5) is 10.4. The van der Waals surface area contributed by atoms with Crippen molar-refractivity contribution in [2.45, 2.75) is 26.3 Å². The van der Waals surface area contributed by atoms with Crippen molar-refractivity contribution in [1.82, 2.24) is 9.78 Å². The third-order valence-electron chi connectivity index (χ3n) is 1.59. The molecule has 0 amide bonds. The van der Waals surface area contributed by atoms with E-state index < -0.39 is 5.97 Å². The van der Waals surface area contributed by atoms with Crippen LogP contribution in [0.4, 0.5) is 0 Å². The van der Waals surface area contributed by atoms with Gasteiger partial charge in [0, 0.05) is 6.20 Å². The highest BCUT2D eigenvalue weighted by molar-refractivity contribution is 6.31. The Labute approximate surface area is 81.1 Å². The molecular formula is C8H11ClN2O2. The van der Waals surface area contributed by atoms with Crippen LogP contribution < -0.4 is 0 Å². The lowest BCUT2D eigenvalue weighted by Gasteiger charge is -1.99. The molecule has 0 unspecified atom stereocenters. The summed E-state index contributed by atoms with van der Waals surface area (Å²) in [5.74, 6) is -0.711. The van der Waals surface area contributed by atoms with E-state index in [0.717, 1.165) is 5.69 Å². The fourth-order valence-electron chi connectivity index (χ4n) is 1.02. The van der Waals surface area contributed by atoms with Crippen molar-refractivity contribution in [3.63, 3.8) is 0 Å². The molecule has 72 valence electrons. The summed E-state index contributed by atoms with van der Waals surface area (Å²) in [6.45, 7) is 3.77. The second-order valence-electron chi connectivity index (χ2n) is 3.11. The highest BCUT2D eigenvalue weighted by atomic mass is 35.5. The molecule has 4 nitrogen and oxygen atoms in total. The maximum absolute atomic E-state index is 10.4. The molecule has 0 atom stereocenters. The fraction of sp³-hybridized carbons (Fsp3) is 0.500. The minimum atomic E-state index is -0.922. The van der Waals surface area contributed by atoms with Gasteiger partial charge < -0.3 is 5.11 Å². The van der Waals surface area contributed by atoms with Crippen molar-refractivity contribution in [1.29, 1.82) is 0 Å². The second kappa shape index (κ2) is 3.79. The summed E-state index contributed by atoms with van der Waals surface area (Å²) >= 11 is 5.85. The summed E-state index contributed by atoms with van der Waals surface area (Å²) in [7, 11) is 0. The van der Waals surface area contributed by atoms with Gasteiger partial charge in [-0.2, -0.15) is 5.10 Å². The van der Waals surface area contributed by atoms with E-state index in [9.17, 15) is 4.79 Å². The summed E-state index contributed by atoms with van der Waals surface area (Å²) in [6, 6.07) is 0. The number of aromatic nitrogens is 2. The summed E-state index contributed by atoms with van der Waals surface area (Å²) in [5, 5.41) is 13.1. The van der Waals surface area contributed by atoms with Crippen LogP contribution in [-0.4, -0.2) is 20.9 Å². The average molecular weight is 203 g/mol. The standard InChI is InChI=1S/C8H11ClN2O2/c1-5(2)8-6(9)3-11(10-8)4-7(12)13/h3,5H,4H2,1-2H3,(H,12,13). The minimum absolute atomic E-state index is 0.146. The Morgan fingerprint density at radius 2 is 2.38 bits per heavy atom. The van der Waals surface area contributed by atoms with Gasteiger partial charge in [0.15, 0.2) is 0 Å². The molecule has 0 bridgehead atoms. The second-order valence-corrected chi connectivity index (χ2v) is 3.52. The molecule has 0 radical (unpaired) electrons. The largest absolute Gasteiger partial charge is 0.480 e. The zero-order valence-corrected chi connectivity index (χ0v) is 8.25. The van der Waals surface area contributed by atoms with Gasteiger partial charge in [-0.1, -0.05) is 25.4 Å². The molecule has 0 saturated carbocycles. The van der Waals surface area contributed by atoms with E-state index in [2.05, 4.69) is 5.10 Å². The lowest BCUT2D eigenvalue weighted by Crippen LogP contribution is -2.09. The summed E-state index contributed by atoms with van der Waals surface area (Å²) < 4.78 is 1.33. The summed E-state index contributed by atoms with van der Waals surface area (Å²) in [5.41, 5.74) is 0.739. The van der Waals surface area contributed by atoms with E-state index in [4.69, 9.17) is 16.7 Å². The number of carboxylic acids is 1. The molecule has 0 spiro atoms. The van der Waals surface area contributed by atoms with Crippen LogP contribution in [0.1, 0.15) is 25.5 Å². The molecule has 13 heavy (non-hydrogen) atoms.